The van der Waals surface area contributed by atoms with E-state index >= 15 is 0 Å². The molecular formula is C13H14ClN3OS. The van der Waals surface area contributed by atoms with Gasteiger partial charge in [0.2, 0.25) is 5.91 Å². The minimum Gasteiger partial charge on any atom is -0.323 e. The topological polar surface area (TPSA) is 54.0 Å². The van der Waals surface area contributed by atoms with Crippen molar-refractivity contribution in [3.63, 3.8) is 0 Å². The van der Waals surface area contributed by atoms with E-state index in [1.54, 1.807) is 22.9 Å². The molecule has 1 aromatic heterocycles. The molecule has 2 aromatic rings. The van der Waals surface area contributed by atoms with E-state index in [1.165, 1.54) is 0 Å². The molecule has 0 radical (unpaired) electrons. The highest BCUT2D eigenvalue weighted by atomic mass is 35.5. The summed E-state index contributed by atoms with van der Waals surface area (Å²) < 4.78 is 1.03. The lowest BCUT2D eigenvalue weighted by atomic mass is 9.97. The first-order chi connectivity index (χ1) is 9.25. The average Bonchev–Trinajstić information content (AvgIpc) is 2.91. The van der Waals surface area contributed by atoms with E-state index in [4.69, 9.17) is 11.6 Å². The number of carbonyl (C=O) groups excluding carboxylic acids is 1. The van der Waals surface area contributed by atoms with Gasteiger partial charge in [0, 0.05) is 5.92 Å². The largest absolute Gasteiger partial charge is 0.323 e. The van der Waals surface area contributed by atoms with Crippen LogP contribution in [0.5, 0.6) is 0 Å². The van der Waals surface area contributed by atoms with Crippen LogP contribution >= 0.6 is 22.9 Å². The number of hydrogen-bond donors (Lipinski definition) is 2. The molecule has 2 N–H and O–H groups in total. The molecule has 1 amide bonds. The highest BCUT2D eigenvalue weighted by molar-refractivity contribution is 7.16. The van der Waals surface area contributed by atoms with Gasteiger partial charge in [0.15, 0.2) is 0 Å². The first kappa shape index (κ1) is 12.8. The summed E-state index contributed by atoms with van der Waals surface area (Å²) in [4.78, 5) is 16.5. The third kappa shape index (κ3) is 2.59. The zero-order chi connectivity index (χ0) is 13.2. The van der Waals surface area contributed by atoms with Gasteiger partial charge in [-0.05, 0) is 38.1 Å². The van der Waals surface area contributed by atoms with Crippen molar-refractivity contribution in [3.05, 3.63) is 22.7 Å². The molecule has 0 bridgehead atoms. The molecule has 0 saturated carbocycles. The summed E-state index contributed by atoms with van der Waals surface area (Å²) in [6, 6.07) is 3.73. The molecule has 0 atom stereocenters. The molecule has 4 nitrogen and oxygen atoms in total. The first-order valence-electron chi connectivity index (χ1n) is 6.29. The fourth-order valence-electron chi connectivity index (χ4n) is 2.33. The summed E-state index contributed by atoms with van der Waals surface area (Å²) in [6.07, 6.45) is 1.74. The zero-order valence-corrected chi connectivity index (χ0v) is 11.9. The molecule has 1 saturated heterocycles. The minimum atomic E-state index is 0.0453. The number of thiazole rings is 1. The van der Waals surface area contributed by atoms with E-state index in [0.29, 0.717) is 10.7 Å². The van der Waals surface area contributed by atoms with Crippen molar-refractivity contribution < 1.29 is 4.79 Å². The lowest BCUT2D eigenvalue weighted by Crippen LogP contribution is -2.34. The van der Waals surface area contributed by atoms with Crippen LogP contribution in [0.3, 0.4) is 0 Å². The van der Waals surface area contributed by atoms with E-state index in [-0.39, 0.29) is 11.8 Å². The Morgan fingerprint density at radius 1 is 1.42 bits per heavy atom. The second kappa shape index (κ2) is 5.45. The van der Waals surface area contributed by atoms with Crippen LogP contribution in [0, 0.1) is 5.92 Å². The smallest absolute Gasteiger partial charge is 0.227 e. The van der Waals surface area contributed by atoms with E-state index in [9.17, 15) is 4.79 Å². The summed E-state index contributed by atoms with van der Waals surface area (Å²) >= 11 is 7.72. The van der Waals surface area contributed by atoms with Crippen molar-refractivity contribution in [2.75, 3.05) is 18.4 Å². The van der Waals surface area contributed by atoms with Gasteiger partial charge in [-0.25, -0.2) is 4.98 Å². The predicted octanol–water partition coefficient (Wildman–Crippen LogP) is 2.89. The predicted molar refractivity (Wildman–Crippen MR) is 78.9 cm³/mol. The SMILES string of the molecule is O=C(Nc1c(Cl)ccc2scnc12)C1CCNCC1. The second-order valence-corrected chi connectivity index (χ2v) is 5.93. The van der Waals surface area contributed by atoms with Gasteiger partial charge in [-0.3, -0.25) is 4.79 Å². The molecule has 1 aliphatic rings. The van der Waals surface area contributed by atoms with Crippen LogP contribution in [0.4, 0.5) is 5.69 Å². The maximum absolute atomic E-state index is 12.3. The minimum absolute atomic E-state index is 0.0453. The third-order valence-corrected chi connectivity index (χ3v) is 4.52. The van der Waals surface area contributed by atoms with Crippen LogP contribution in [0.1, 0.15) is 12.8 Å². The summed E-state index contributed by atoms with van der Waals surface area (Å²) in [6.45, 7) is 1.79. The molecule has 6 heteroatoms. The highest BCUT2D eigenvalue weighted by Crippen LogP contribution is 2.32. The molecule has 3 rings (SSSR count). The molecule has 19 heavy (non-hydrogen) atoms. The fourth-order valence-corrected chi connectivity index (χ4v) is 3.22. The number of piperidine rings is 1. The van der Waals surface area contributed by atoms with Gasteiger partial charge >= 0.3 is 0 Å². The summed E-state index contributed by atoms with van der Waals surface area (Å²) in [5, 5.41) is 6.75. The van der Waals surface area contributed by atoms with Gasteiger partial charge in [-0.1, -0.05) is 11.6 Å². The Bertz CT molecular complexity index is 607. The Labute approximate surface area is 120 Å². The van der Waals surface area contributed by atoms with Gasteiger partial charge in [0.1, 0.15) is 5.52 Å². The van der Waals surface area contributed by atoms with Crippen LogP contribution in [-0.4, -0.2) is 24.0 Å². The number of rotatable bonds is 2. The van der Waals surface area contributed by atoms with Crippen LogP contribution in [0.2, 0.25) is 5.02 Å². The molecule has 0 unspecified atom stereocenters. The number of halogens is 1. The Hall–Kier alpha value is -1.17. The Kier molecular flexibility index (Phi) is 3.68. The van der Waals surface area contributed by atoms with Crippen molar-refractivity contribution in [2.45, 2.75) is 12.8 Å². The molecule has 1 aromatic carbocycles. The number of hydrogen-bond acceptors (Lipinski definition) is 4. The number of nitrogens with zero attached hydrogens (tertiary/aromatic N) is 1. The molecule has 1 fully saturated rings. The van der Waals surface area contributed by atoms with Crippen LogP contribution in [0.15, 0.2) is 17.6 Å². The Morgan fingerprint density at radius 3 is 3.00 bits per heavy atom. The molecule has 1 aliphatic heterocycles. The molecule has 100 valence electrons. The van der Waals surface area contributed by atoms with Crippen molar-refractivity contribution in [1.29, 1.82) is 0 Å². The Morgan fingerprint density at radius 2 is 2.21 bits per heavy atom. The van der Waals surface area contributed by atoms with Gasteiger partial charge < -0.3 is 10.6 Å². The quantitative estimate of drug-likeness (QED) is 0.896. The molecule has 0 spiro atoms. The summed E-state index contributed by atoms with van der Waals surface area (Å²) in [5.41, 5.74) is 3.19. The molecule has 0 aliphatic carbocycles. The number of fused-ring (bicyclic) bond motifs is 1. The number of carbonyl (C=O) groups is 1. The van der Waals surface area contributed by atoms with Gasteiger partial charge in [0.05, 0.1) is 20.9 Å². The lowest BCUT2D eigenvalue weighted by molar-refractivity contribution is -0.120. The standard InChI is InChI=1S/C13H14ClN3OS/c14-9-1-2-10-12(16-7-19-10)11(9)17-13(18)8-3-5-15-6-4-8/h1-2,7-8,15H,3-6H2,(H,17,18). The number of amides is 1. The van der Waals surface area contributed by atoms with Gasteiger partial charge in [-0.15, -0.1) is 11.3 Å². The van der Waals surface area contributed by atoms with Crippen LogP contribution in [0.25, 0.3) is 10.2 Å². The molecular weight excluding hydrogens is 282 g/mol. The normalized spacial score (nSPS) is 16.7. The monoisotopic (exact) mass is 295 g/mol. The highest BCUT2D eigenvalue weighted by Gasteiger charge is 2.22. The van der Waals surface area contributed by atoms with E-state index < -0.39 is 0 Å². The number of nitrogens with one attached hydrogen (secondary N) is 2. The first-order valence-corrected chi connectivity index (χ1v) is 7.55. The second-order valence-electron chi connectivity index (χ2n) is 4.64. The maximum Gasteiger partial charge on any atom is 0.227 e. The third-order valence-electron chi connectivity index (χ3n) is 3.41. The van der Waals surface area contributed by atoms with Gasteiger partial charge in [0.25, 0.3) is 0 Å². The van der Waals surface area contributed by atoms with Crippen molar-refractivity contribution in [1.82, 2.24) is 10.3 Å². The van der Waals surface area contributed by atoms with Crippen molar-refractivity contribution >= 4 is 44.7 Å². The molecule has 2 heterocycles. The zero-order valence-electron chi connectivity index (χ0n) is 10.3. The maximum atomic E-state index is 12.3. The van der Waals surface area contributed by atoms with Crippen molar-refractivity contribution in [2.24, 2.45) is 5.92 Å². The van der Waals surface area contributed by atoms with Crippen molar-refractivity contribution in [3.8, 4) is 0 Å². The van der Waals surface area contributed by atoms with Crippen LogP contribution < -0.4 is 10.6 Å². The number of aromatic nitrogens is 1. The van der Waals surface area contributed by atoms with Crippen LogP contribution in [-0.2, 0) is 4.79 Å². The Balaban J connectivity index is 1.86. The summed E-state index contributed by atoms with van der Waals surface area (Å²) in [7, 11) is 0. The number of anilines is 1. The number of benzene rings is 1. The fraction of sp³-hybridized carbons (Fsp3) is 0.385. The van der Waals surface area contributed by atoms with E-state index in [2.05, 4.69) is 15.6 Å². The average molecular weight is 296 g/mol. The van der Waals surface area contributed by atoms with E-state index in [0.717, 1.165) is 36.1 Å². The lowest BCUT2D eigenvalue weighted by Gasteiger charge is -2.22. The summed E-state index contributed by atoms with van der Waals surface area (Å²) in [5.74, 6) is 0.107. The van der Waals surface area contributed by atoms with Gasteiger partial charge in [-0.2, -0.15) is 0 Å². The van der Waals surface area contributed by atoms with E-state index in [1.807, 2.05) is 6.07 Å².